The molecule has 0 aromatic heterocycles. The number of aromatic carboxylic acids is 1. The maximum atomic E-state index is 11.4. The van der Waals surface area contributed by atoms with Crippen LogP contribution < -0.4 is 23.6 Å². The summed E-state index contributed by atoms with van der Waals surface area (Å²) in [5, 5.41) is 36.5. The molecule has 0 fully saturated rings. The van der Waals surface area contributed by atoms with Crippen molar-refractivity contribution in [1.29, 1.82) is 0 Å². The van der Waals surface area contributed by atoms with Gasteiger partial charge >= 0.3 is 40.0 Å². The summed E-state index contributed by atoms with van der Waals surface area (Å²) in [5.41, 5.74) is 9.86. The van der Waals surface area contributed by atoms with Crippen molar-refractivity contribution in [3.63, 3.8) is 0 Å². The van der Waals surface area contributed by atoms with Crippen molar-refractivity contribution in [1.82, 2.24) is 0 Å². The van der Waals surface area contributed by atoms with Gasteiger partial charge < -0.3 is 45.6 Å². The molecule has 12 nitrogen and oxygen atoms in total. The Labute approximate surface area is 514 Å². The van der Waals surface area contributed by atoms with Gasteiger partial charge in [-0.1, -0.05) is 61.1 Å². The van der Waals surface area contributed by atoms with Crippen molar-refractivity contribution >= 4 is 91.0 Å². The molecule has 0 unspecified atom stereocenters. The fourth-order valence-corrected chi connectivity index (χ4v) is 6.44. The number of esters is 2. The zero-order valence-electron chi connectivity index (χ0n) is 43.8. The predicted octanol–water partition coefficient (Wildman–Crippen LogP) is 10.2. The summed E-state index contributed by atoms with van der Waals surface area (Å²) in [7, 11) is 4.37. The van der Waals surface area contributed by atoms with Gasteiger partial charge in [0.15, 0.2) is 0 Å². The van der Waals surface area contributed by atoms with Crippen LogP contribution >= 0.6 is 69.9 Å². The van der Waals surface area contributed by atoms with E-state index in [1.54, 1.807) is 104 Å². The zero-order chi connectivity index (χ0) is 56.0. The number of carbonyl (C=O) groups is 3. The number of phenolic OH excluding ortho intramolecular Hbond substituents is 3. The van der Waals surface area contributed by atoms with E-state index in [-0.39, 0.29) is 75.2 Å². The second-order valence-corrected chi connectivity index (χ2v) is 22.9. The van der Waals surface area contributed by atoms with Crippen LogP contribution in [-0.4, -0.2) is 73.8 Å². The number of hydrogen-bond acceptors (Lipinski definition) is 10. The first-order valence-electron chi connectivity index (χ1n) is 21.9. The smallest absolute Gasteiger partial charge is 0.870 e. The van der Waals surface area contributed by atoms with Gasteiger partial charge in [-0.15, -0.1) is 60.1 Å². The zero-order valence-corrected chi connectivity index (χ0v) is 50.7. The van der Waals surface area contributed by atoms with Crippen LogP contribution in [0.4, 0.5) is 0 Å². The molecule has 7 aromatic rings. The summed E-state index contributed by atoms with van der Waals surface area (Å²) in [6, 6.07) is 41.3. The number of carboxylic acids is 1. The van der Waals surface area contributed by atoms with Gasteiger partial charge in [0.05, 0.1) is 38.0 Å². The number of carboxylic acid groups (broad SMARTS) is 1. The molecular formula is C61H58BBr3ILiO12. The first kappa shape index (κ1) is 76.4. The van der Waals surface area contributed by atoms with Crippen molar-refractivity contribution in [2.45, 2.75) is 35.1 Å². The fraction of sp³-hybridized carbons (Fsp3) is 0.131. The molecule has 0 bridgehead atoms. The van der Waals surface area contributed by atoms with E-state index in [9.17, 15) is 24.6 Å². The van der Waals surface area contributed by atoms with Gasteiger partial charge in [0.25, 0.3) is 0 Å². The fourth-order valence-electron chi connectivity index (χ4n) is 5.90. The largest absolute Gasteiger partial charge is 1.00 e. The summed E-state index contributed by atoms with van der Waals surface area (Å²) in [6.45, 7) is 7.58. The van der Waals surface area contributed by atoms with Gasteiger partial charge in [-0.05, 0) is 200 Å². The van der Waals surface area contributed by atoms with Gasteiger partial charge in [-0.3, -0.25) is 0 Å². The number of halogens is 4. The van der Waals surface area contributed by atoms with Gasteiger partial charge in [0, 0.05) is 37.0 Å². The summed E-state index contributed by atoms with van der Waals surface area (Å²) >= 11 is 11.5. The Bertz CT molecular complexity index is 3300. The molecule has 0 aliphatic rings. The van der Waals surface area contributed by atoms with E-state index in [4.69, 9.17) is 27.8 Å². The Hall–Kier alpha value is -6.86. The molecule has 0 aliphatic carbocycles. The Morgan fingerprint density at radius 2 is 0.861 bits per heavy atom. The molecule has 7 aromatic carbocycles. The molecule has 0 spiro atoms. The average Bonchev–Trinajstić information content (AvgIpc) is 3.38. The summed E-state index contributed by atoms with van der Waals surface area (Å²) in [6.07, 6.45) is 10.4. The SMILES string of the molecule is BrB(Br)Br.C.C#Cc1ccc(O)cc1C.C#Cc1ccc(OC)cc1C.COC(=O)c1cccc(C#Cc2ccc(O)cc2C)c1.COC(=O)c1cccc(I)c1.Cc1cc(O)ccc1C#Cc1cccc(C(=O)O)c1.O.[Li+].[OH-]. The van der Waals surface area contributed by atoms with Crippen LogP contribution in [0.5, 0.6) is 23.0 Å². The number of ether oxygens (including phenoxy) is 3. The number of phenols is 3. The van der Waals surface area contributed by atoms with E-state index >= 15 is 0 Å². The van der Waals surface area contributed by atoms with Crippen LogP contribution in [-0.2, 0) is 9.47 Å². The van der Waals surface area contributed by atoms with E-state index in [0.717, 1.165) is 59.4 Å². The minimum Gasteiger partial charge on any atom is -0.870 e. The summed E-state index contributed by atoms with van der Waals surface area (Å²) in [5.74, 6) is 16.9. The number of aryl methyl sites for hydroxylation is 4. The van der Waals surface area contributed by atoms with Gasteiger partial charge in [-0.2, -0.15) is 0 Å². The van der Waals surface area contributed by atoms with Gasteiger partial charge in [-0.25, -0.2) is 14.4 Å². The van der Waals surface area contributed by atoms with E-state index in [0.29, 0.717) is 16.7 Å². The topological polar surface area (TPSA) is 221 Å². The molecule has 18 heteroatoms. The van der Waals surface area contributed by atoms with Gasteiger partial charge in [0.1, 0.15) is 23.0 Å². The van der Waals surface area contributed by atoms with Crippen molar-refractivity contribution in [3.8, 4) is 71.4 Å². The Kier molecular flexibility index (Phi) is 39.9. The van der Waals surface area contributed by atoms with Gasteiger partial charge in [0.2, 0.25) is 0 Å². The molecule has 79 heavy (non-hydrogen) atoms. The number of aromatic hydroxyl groups is 3. The maximum absolute atomic E-state index is 11.4. The Morgan fingerprint density at radius 3 is 1.20 bits per heavy atom. The summed E-state index contributed by atoms with van der Waals surface area (Å²) in [4.78, 5) is 33.2. The standard InChI is InChI=1S/C17H14O3.C16H12O3.C10H10O.C9H8O.C8H7IO2.CH4.BBr3.Li.2H2O/c1-12-10-16(18)9-8-14(12)7-6-13-4-3-5-15(11-13)17(19)20-2;1-11-9-15(17)8-7-13(11)6-5-12-3-2-4-14(10-12)16(18)19;1-4-9-5-6-10(11-3)7-8(9)2;1-3-8-4-5-9(10)6-7(8)2;1-11-8(10)6-3-2-4-7(9)5-6;;2-1(3)4;;;/h3-5,8-11,18H,1-2H3;2-4,7-10,17H,1H3,(H,18,19);1,5-7H,2-3H3;1,4-6,10H,2H3;2-5H,1H3;1H4;;;2*1H2/q;;;;;;;+1;;/p-1. The third kappa shape index (κ3) is 29.6. The molecule has 7 rings (SSSR count). The minimum absolute atomic E-state index is 0. The van der Waals surface area contributed by atoms with Crippen molar-refractivity contribution < 1.29 is 78.8 Å². The first-order chi connectivity index (χ1) is 35.6. The van der Waals surface area contributed by atoms with Crippen LogP contribution in [0.25, 0.3) is 0 Å². The third-order valence-electron chi connectivity index (χ3n) is 9.70. The molecular weight excluding hydrogens is 1310 g/mol. The molecule has 0 saturated carbocycles. The van der Waals surface area contributed by atoms with Crippen molar-refractivity contribution in [2.24, 2.45) is 0 Å². The molecule has 406 valence electrons. The van der Waals surface area contributed by atoms with E-state index in [1.165, 1.54) is 26.4 Å². The molecule has 0 amide bonds. The molecule has 0 atom stereocenters. The van der Waals surface area contributed by atoms with E-state index < -0.39 is 5.97 Å². The van der Waals surface area contributed by atoms with Crippen LogP contribution in [0.3, 0.4) is 0 Å². The van der Waals surface area contributed by atoms with Crippen LogP contribution in [0.15, 0.2) is 146 Å². The van der Waals surface area contributed by atoms with Crippen molar-refractivity contribution in [2.75, 3.05) is 21.3 Å². The monoisotopic (exact) mass is 1360 g/mol. The number of rotatable bonds is 4. The molecule has 0 aliphatic heterocycles. The second-order valence-electron chi connectivity index (χ2n) is 15.2. The maximum Gasteiger partial charge on any atom is 1.00 e. The predicted molar refractivity (Wildman–Crippen MR) is 331 cm³/mol. The van der Waals surface area contributed by atoms with Crippen LogP contribution in [0.1, 0.15) is 94.1 Å². The van der Waals surface area contributed by atoms with Crippen molar-refractivity contribution in [3.05, 3.63) is 221 Å². The molecule has 0 radical (unpaired) electrons. The number of methoxy groups -OCH3 is 3. The Balaban J connectivity index is -0.000000910. The molecule has 0 heterocycles. The molecule has 0 saturated heterocycles. The van der Waals surface area contributed by atoms with E-state index in [1.807, 2.05) is 64.1 Å². The summed E-state index contributed by atoms with van der Waals surface area (Å²) < 4.78 is 15.6. The Morgan fingerprint density at radius 1 is 0.519 bits per heavy atom. The first-order valence-corrected chi connectivity index (χ1v) is 25.8. The number of hydrogen-bond donors (Lipinski definition) is 4. The second kappa shape index (κ2) is 41.2. The number of benzene rings is 7. The number of terminal acetylenes is 2. The normalized spacial score (nSPS) is 8.67. The number of carbonyl (C=O) groups excluding carboxylic acids is 2. The van der Waals surface area contributed by atoms with E-state index in [2.05, 4.69) is 115 Å². The quantitative estimate of drug-likeness (QED) is 0.0562. The van der Waals surface area contributed by atoms with Crippen LogP contribution in [0.2, 0.25) is 0 Å². The molecule has 7 N–H and O–H groups in total. The van der Waals surface area contributed by atoms with Crippen LogP contribution in [0, 0.1) is 79.6 Å². The average molecular weight is 1370 g/mol. The third-order valence-corrected chi connectivity index (χ3v) is 10.4. The minimum atomic E-state index is -0.968.